The second-order valence-electron chi connectivity index (χ2n) is 8.76. The van der Waals surface area contributed by atoms with Crippen LogP contribution >= 0.6 is 23.2 Å². The maximum Gasteiger partial charge on any atom is 0.226 e. The molecule has 178 valence electrons. The highest BCUT2D eigenvalue weighted by atomic mass is 35.5. The van der Waals surface area contributed by atoms with E-state index in [1.165, 1.54) is 18.3 Å². The summed E-state index contributed by atoms with van der Waals surface area (Å²) in [5.41, 5.74) is 0.644. The minimum absolute atomic E-state index is 0.0739. The van der Waals surface area contributed by atoms with Crippen molar-refractivity contribution in [1.29, 1.82) is 5.26 Å². The molecule has 1 amide bonds. The molecule has 1 N–H and O–H groups in total. The molecule has 2 aromatic rings. The van der Waals surface area contributed by atoms with Gasteiger partial charge in [-0.05, 0) is 36.1 Å². The Bertz CT molecular complexity index is 1280. The van der Waals surface area contributed by atoms with Gasteiger partial charge in [0.15, 0.2) is 9.84 Å². The number of carbonyl (C=O) groups excluding carboxylic acids is 1. The number of benzene rings is 1. The van der Waals surface area contributed by atoms with Crippen molar-refractivity contribution in [1.82, 2.24) is 10.3 Å². The number of amides is 1. The molecule has 0 saturated carbocycles. The van der Waals surface area contributed by atoms with Crippen molar-refractivity contribution in [2.75, 3.05) is 6.26 Å². The first kappa shape index (κ1) is 26.0. The number of nitriles is 1. The number of sulfone groups is 1. The topological polar surface area (TPSA) is 99.9 Å². The molecule has 0 radical (unpaired) electrons. The number of carbonyl (C=O) groups is 1. The van der Waals surface area contributed by atoms with Crippen LogP contribution < -0.4 is 5.32 Å². The molecule has 1 aliphatic carbocycles. The lowest BCUT2D eigenvalue weighted by Gasteiger charge is -2.40. The molecule has 0 fully saturated rings. The standard InChI is InChI=1S/C25H25Cl2N3O3S/c1-16(2)12-25(30-22(31)11-18-9-10-19(15-29-18)34(3,32)33)13-21(26)23(24(27)20(25)14-28)17-7-5-4-6-8-17/h4-10,13,15-16,20H,11-12H2,1-3H3,(H,30,31). The average Bonchev–Trinajstić information content (AvgIpc) is 2.73. The molecule has 0 spiro atoms. The highest BCUT2D eigenvalue weighted by Crippen LogP contribution is 2.46. The summed E-state index contributed by atoms with van der Waals surface area (Å²) in [7, 11) is -3.39. The van der Waals surface area contributed by atoms with Crippen LogP contribution in [0.3, 0.4) is 0 Å². The predicted octanol–water partition coefficient (Wildman–Crippen LogP) is 4.85. The largest absolute Gasteiger partial charge is 0.345 e. The Morgan fingerprint density at radius 2 is 1.88 bits per heavy atom. The van der Waals surface area contributed by atoms with Crippen molar-refractivity contribution in [2.45, 2.75) is 37.1 Å². The van der Waals surface area contributed by atoms with Crippen LogP contribution in [-0.2, 0) is 21.1 Å². The fourth-order valence-electron chi connectivity index (χ4n) is 4.13. The molecule has 0 aliphatic heterocycles. The summed E-state index contributed by atoms with van der Waals surface area (Å²) in [6.45, 7) is 3.97. The van der Waals surface area contributed by atoms with Gasteiger partial charge in [-0.1, -0.05) is 67.4 Å². The zero-order valence-corrected chi connectivity index (χ0v) is 21.4. The summed E-state index contributed by atoms with van der Waals surface area (Å²) in [6.07, 6.45) is 4.37. The van der Waals surface area contributed by atoms with E-state index in [0.717, 1.165) is 11.8 Å². The maximum atomic E-state index is 13.1. The van der Waals surface area contributed by atoms with E-state index in [4.69, 9.17) is 23.2 Å². The van der Waals surface area contributed by atoms with Crippen LogP contribution in [0.15, 0.2) is 69.7 Å². The van der Waals surface area contributed by atoms with Crippen molar-refractivity contribution in [2.24, 2.45) is 11.8 Å². The normalized spacial score (nSPS) is 20.6. The first-order valence-corrected chi connectivity index (χ1v) is 13.3. The van der Waals surface area contributed by atoms with E-state index in [-0.39, 0.29) is 28.2 Å². The van der Waals surface area contributed by atoms with E-state index >= 15 is 0 Å². The van der Waals surface area contributed by atoms with Crippen LogP contribution in [0.25, 0.3) is 5.57 Å². The summed E-state index contributed by atoms with van der Waals surface area (Å²) >= 11 is 13.5. The number of hydrogen-bond acceptors (Lipinski definition) is 5. The summed E-state index contributed by atoms with van der Waals surface area (Å²) in [4.78, 5) is 17.2. The lowest BCUT2D eigenvalue weighted by Crippen LogP contribution is -2.54. The maximum absolute atomic E-state index is 13.1. The van der Waals surface area contributed by atoms with Gasteiger partial charge in [-0.15, -0.1) is 0 Å². The zero-order chi connectivity index (χ0) is 25.1. The van der Waals surface area contributed by atoms with E-state index in [9.17, 15) is 18.5 Å². The van der Waals surface area contributed by atoms with Crippen molar-refractivity contribution in [3.05, 3.63) is 76.1 Å². The van der Waals surface area contributed by atoms with Gasteiger partial charge in [0, 0.05) is 33.8 Å². The second kappa shape index (κ2) is 10.3. The molecule has 3 rings (SSSR count). The molecule has 2 atom stereocenters. The number of nitrogens with one attached hydrogen (secondary N) is 1. The number of nitrogens with zero attached hydrogens (tertiary/aromatic N) is 2. The van der Waals surface area contributed by atoms with Gasteiger partial charge >= 0.3 is 0 Å². The summed E-state index contributed by atoms with van der Waals surface area (Å²) < 4.78 is 23.3. The van der Waals surface area contributed by atoms with Gasteiger partial charge in [0.25, 0.3) is 0 Å². The molecular formula is C25H25Cl2N3O3S. The minimum atomic E-state index is -3.39. The number of pyridine rings is 1. The van der Waals surface area contributed by atoms with Gasteiger partial charge < -0.3 is 5.32 Å². The van der Waals surface area contributed by atoms with E-state index in [2.05, 4.69) is 16.4 Å². The third-order valence-electron chi connectivity index (χ3n) is 5.51. The number of hydrogen-bond donors (Lipinski definition) is 1. The molecular weight excluding hydrogens is 493 g/mol. The molecule has 1 aromatic carbocycles. The van der Waals surface area contributed by atoms with E-state index in [0.29, 0.717) is 22.7 Å². The van der Waals surface area contributed by atoms with Gasteiger partial charge in [-0.2, -0.15) is 5.26 Å². The van der Waals surface area contributed by atoms with Crippen LogP contribution in [0.5, 0.6) is 0 Å². The lowest BCUT2D eigenvalue weighted by molar-refractivity contribution is -0.122. The molecule has 1 heterocycles. The van der Waals surface area contributed by atoms with Crippen molar-refractivity contribution in [3.8, 4) is 6.07 Å². The van der Waals surface area contributed by atoms with E-state index < -0.39 is 21.3 Å². The van der Waals surface area contributed by atoms with Gasteiger partial charge in [0.05, 0.1) is 22.9 Å². The number of rotatable bonds is 7. The summed E-state index contributed by atoms with van der Waals surface area (Å²) in [6, 6.07) is 14.5. The molecule has 0 bridgehead atoms. The van der Waals surface area contributed by atoms with Crippen LogP contribution in [0, 0.1) is 23.2 Å². The first-order chi connectivity index (χ1) is 16.0. The van der Waals surface area contributed by atoms with Crippen molar-refractivity contribution >= 4 is 44.5 Å². The Morgan fingerprint density at radius 1 is 1.21 bits per heavy atom. The Morgan fingerprint density at radius 3 is 2.41 bits per heavy atom. The van der Waals surface area contributed by atoms with Crippen molar-refractivity contribution in [3.63, 3.8) is 0 Å². The number of halogens is 2. The third-order valence-corrected chi connectivity index (χ3v) is 7.31. The Hall–Kier alpha value is -2.66. The Labute approximate surface area is 210 Å². The smallest absolute Gasteiger partial charge is 0.226 e. The van der Waals surface area contributed by atoms with Crippen LogP contribution in [0.4, 0.5) is 0 Å². The first-order valence-electron chi connectivity index (χ1n) is 10.7. The quantitative estimate of drug-likeness (QED) is 0.565. The summed E-state index contributed by atoms with van der Waals surface area (Å²) in [5, 5.41) is 13.7. The van der Waals surface area contributed by atoms with Crippen molar-refractivity contribution < 1.29 is 13.2 Å². The highest BCUT2D eigenvalue weighted by Gasteiger charge is 2.45. The number of aromatic nitrogens is 1. The van der Waals surface area contributed by atoms with Gasteiger partial charge in [0.1, 0.15) is 5.92 Å². The fourth-order valence-corrected chi connectivity index (χ4v) is 5.60. The second-order valence-corrected chi connectivity index (χ2v) is 11.6. The fraction of sp³-hybridized carbons (Fsp3) is 0.320. The molecule has 34 heavy (non-hydrogen) atoms. The van der Waals surface area contributed by atoms with E-state index in [1.807, 2.05) is 44.2 Å². The Balaban J connectivity index is 1.94. The minimum Gasteiger partial charge on any atom is -0.345 e. The third kappa shape index (κ3) is 5.69. The molecule has 1 aromatic heterocycles. The summed E-state index contributed by atoms with van der Waals surface area (Å²) in [5.74, 6) is -1.11. The number of allylic oxidation sites excluding steroid dienone is 2. The molecule has 0 saturated heterocycles. The molecule has 1 aliphatic rings. The zero-order valence-electron chi connectivity index (χ0n) is 19.0. The van der Waals surface area contributed by atoms with Crippen LogP contribution in [0.1, 0.15) is 31.5 Å². The van der Waals surface area contributed by atoms with Crippen LogP contribution in [-0.4, -0.2) is 31.1 Å². The highest BCUT2D eigenvalue weighted by molar-refractivity contribution is 7.90. The molecule has 6 nitrogen and oxygen atoms in total. The van der Waals surface area contributed by atoms with E-state index in [1.54, 1.807) is 6.08 Å². The SMILES string of the molecule is CC(C)CC1(NC(=O)Cc2ccc(S(C)(=O)=O)cn2)C=C(Cl)C(c2ccccc2)=C(Cl)C1C#N. The lowest BCUT2D eigenvalue weighted by atomic mass is 9.73. The van der Waals surface area contributed by atoms with Crippen LogP contribution in [0.2, 0.25) is 0 Å². The predicted molar refractivity (Wildman–Crippen MR) is 134 cm³/mol. The van der Waals surface area contributed by atoms with Gasteiger partial charge in [-0.3, -0.25) is 9.78 Å². The van der Waals surface area contributed by atoms with Gasteiger partial charge in [-0.25, -0.2) is 8.42 Å². The Kier molecular flexibility index (Phi) is 7.87. The molecule has 2 unspecified atom stereocenters. The van der Waals surface area contributed by atoms with Gasteiger partial charge in [0.2, 0.25) is 5.91 Å². The molecule has 9 heteroatoms. The average molecular weight is 518 g/mol. The monoisotopic (exact) mass is 517 g/mol.